The van der Waals surface area contributed by atoms with Gasteiger partial charge in [-0.15, -0.1) is 0 Å². The van der Waals surface area contributed by atoms with Crippen LogP contribution in [-0.2, 0) is 0 Å². The summed E-state index contributed by atoms with van der Waals surface area (Å²) in [6, 6.07) is 7.36. The van der Waals surface area contributed by atoms with Gasteiger partial charge >= 0.3 is 0 Å². The lowest BCUT2D eigenvalue weighted by Gasteiger charge is -2.10. The third-order valence-corrected chi connectivity index (χ3v) is 3.60. The van der Waals surface area contributed by atoms with Crippen molar-refractivity contribution < 1.29 is 4.79 Å². The molecule has 0 fully saturated rings. The second-order valence-corrected chi connectivity index (χ2v) is 6.25. The largest absolute Gasteiger partial charge is 0.369 e. The lowest BCUT2D eigenvalue weighted by molar-refractivity contribution is 0.102. The highest BCUT2D eigenvalue weighted by molar-refractivity contribution is 9.10. The summed E-state index contributed by atoms with van der Waals surface area (Å²) in [7, 11) is 4.08. The van der Waals surface area contributed by atoms with Crippen LogP contribution in [0.5, 0.6) is 0 Å². The van der Waals surface area contributed by atoms with Gasteiger partial charge in [0.15, 0.2) is 0 Å². The summed E-state index contributed by atoms with van der Waals surface area (Å²) in [5.41, 5.74) is 0.998. The molecule has 7 heteroatoms. The van der Waals surface area contributed by atoms with Crippen molar-refractivity contribution in [2.24, 2.45) is 0 Å². The molecule has 0 saturated carbocycles. The Kier molecular flexibility index (Phi) is 6.49. The van der Waals surface area contributed by atoms with Gasteiger partial charge in [0.25, 0.3) is 5.91 Å². The average molecular weight is 378 g/mol. The topological polar surface area (TPSA) is 70.2 Å². The number of carbonyl (C=O) groups excluding carboxylic acids is 1. The maximum absolute atomic E-state index is 12.1. The summed E-state index contributed by atoms with van der Waals surface area (Å²) >= 11 is 3.35. The maximum Gasteiger partial charge on any atom is 0.275 e. The van der Waals surface area contributed by atoms with Crippen LogP contribution in [0, 0.1) is 0 Å². The Balaban J connectivity index is 1.86. The number of nitrogens with zero attached hydrogens (tertiary/aromatic N) is 3. The number of amides is 1. The number of rotatable bonds is 7. The average Bonchev–Trinajstić information content (AvgIpc) is 2.54. The summed E-state index contributed by atoms with van der Waals surface area (Å²) < 4.78 is 0.958. The summed E-state index contributed by atoms with van der Waals surface area (Å²) in [6.07, 6.45) is 4.06. The smallest absolute Gasteiger partial charge is 0.275 e. The summed E-state index contributed by atoms with van der Waals surface area (Å²) in [6.45, 7) is 1.82. The number of halogens is 1. The van der Waals surface area contributed by atoms with Crippen molar-refractivity contribution in [3.05, 3.63) is 46.8 Å². The van der Waals surface area contributed by atoms with E-state index in [1.54, 1.807) is 6.20 Å². The molecule has 2 rings (SSSR count). The molecule has 2 N–H and O–H groups in total. The van der Waals surface area contributed by atoms with E-state index in [9.17, 15) is 4.79 Å². The molecule has 0 bridgehead atoms. The Morgan fingerprint density at radius 2 is 1.91 bits per heavy atom. The molecule has 122 valence electrons. The molecule has 0 spiro atoms. The molecule has 1 heterocycles. The van der Waals surface area contributed by atoms with E-state index >= 15 is 0 Å². The third kappa shape index (κ3) is 5.96. The van der Waals surface area contributed by atoms with Crippen LogP contribution in [-0.4, -0.2) is 48.0 Å². The Labute approximate surface area is 144 Å². The number of anilines is 2. The zero-order valence-electron chi connectivity index (χ0n) is 13.2. The highest BCUT2D eigenvalue weighted by atomic mass is 79.9. The molecule has 0 saturated heterocycles. The van der Waals surface area contributed by atoms with E-state index in [0.717, 1.165) is 24.0 Å². The van der Waals surface area contributed by atoms with E-state index < -0.39 is 0 Å². The van der Waals surface area contributed by atoms with Gasteiger partial charge in [0.05, 0.1) is 12.4 Å². The number of benzene rings is 1. The van der Waals surface area contributed by atoms with Crippen LogP contribution in [0.4, 0.5) is 11.5 Å². The van der Waals surface area contributed by atoms with Crippen molar-refractivity contribution in [2.45, 2.75) is 6.42 Å². The fourth-order valence-corrected chi connectivity index (χ4v) is 2.14. The number of hydrogen-bond acceptors (Lipinski definition) is 5. The molecule has 1 aromatic heterocycles. The van der Waals surface area contributed by atoms with Gasteiger partial charge in [-0.25, -0.2) is 9.97 Å². The van der Waals surface area contributed by atoms with E-state index in [1.807, 2.05) is 38.4 Å². The van der Waals surface area contributed by atoms with Crippen molar-refractivity contribution in [3.8, 4) is 0 Å². The van der Waals surface area contributed by atoms with Gasteiger partial charge in [-0.2, -0.15) is 0 Å². The van der Waals surface area contributed by atoms with E-state index in [1.165, 1.54) is 6.20 Å². The van der Waals surface area contributed by atoms with Gasteiger partial charge in [0.2, 0.25) is 0 Å². The van der Waals surface area contributed by atoms with Gasteiger partial charge in [-0.1, -0.05) is 15.9 Å². The first kappa shape index (κ1) is 17.4. The molecule has 23 heavy (non-hydrogen) atoms. The first-order chi connectivity index (χ1) is 11.0. The predicted molar refractivity (Wildman–Crippen MR) is 95.8 cm³/mol. The molecule has 0 atom stereocenters. The molecule has 0 radical (unpaired) electrons. The van der Waals surface area contributed by atoms with Crippen molar-refractivity contribution in [2.75, 3.05) is 37.8 Å². The van der Waals surface area contributed by atoms with Crippen LogP contribution in [0.15, 0.2) is 41.1 Å². The first-order valence-electron chi connectivity index (χ1n) is 7.32. The quantitative estimate of drug-likeness (QED) is 0.726. The van der Waals surface area contributed by atoms with E-state index in [2.05, 4.69) is 41.4 Å². The fourth-order valence-electron chi connectivity index (χ4n) is 1.88. The molecule has 2 aromatic rings. The normalized spacial score (nSPS) is 10.6. The Morgan fingerprint density at radius 1 is 1.17 bits per heavy atom. The van der Waals surface area contributed by atoms with Gasteiger partial charge in [0.1, 0.15) is 11.5 Å². The Hall–Kier alpha value is -1.99. The van der Waals surface area contributed by atoms with Gasteiger partial charge in [-0.3, -0.25) is 4.79 Å². The molecular weight excluding hydrogens is 358 g/mol. The lowest BCUT2D eigenvalue weighted by Crippen LogP contribution is -2.17. The predicted octanol–water partition coefficient (Wildman–Crippen LogP) is 2.86. The van der Waals surface area contributed by atoms with E-state index in [-0.39, 0.29) is 11.6 Å². The second-order valence-electron chi connectivity index (χ2n) is 5.33. The van der Waals surface area contributed by atoms with Crippen LogP contribution < -0.4 is 10.6 Å². The van der Waals surface area contributed by atoms with E-state index in [4.69, 9.17) is 0 Å². The number of aromatic nitrogens is 2. The minimum Gasteiger partial charge on any atom is -0.369 e. The number of carbonyl (C=O) groups is 1. The van der Waals surface area contributed by atoms with Crippen LogP contribution in [0.2, 0.25) is 0 Å². The maximum atomic E-state index is 12.1. The zero-order chi connectivity index (χ0) is 16.7. The van der Waals surface area contributed by atoms with Crippen LogP contribution in [0.1, 0.15) is 16.9 Å². The van der Waals surface area contributed by atoms with Crippen LogP contribution in [0.3, 0.4) is 0 Å². The fraction of sp³-hybridized carbons (Fsp3) is 0.312. The molecule has 0 aliphatic heterocycles. The Morgan fingerprint density at radius 3 is 2.52 bits per heavy atom. The standard InChI is InChI=1S/C16H20BrN5O/c1-22(2)9-3-8-18-15-11-19-14(10-20-15)16(23)21-13-6-4-12(17)5-7-13/h4-7,10-11H,3,8-9H2,1-2H3,(H,18,20)(H,21,23). The zero-order valence-corrected chi connectivity index (χ0v) is 14.8. The highest BCUT2D eigenvalue weighted by Crippen LogP contribution is 2.14. The molecule has 0 unspecified atom stereocenters. The van der Waals surface area contributed by atoms with Gasteiger partial charge in [-0.05, 0) is 51.3 Å². The van der Waals surface area contributed by atoms with E-state index in [0.29, 0.717) is 11.5 Å². The molecule has 1 aromatic carbocycles. The van der Waals surface area contributed by atoms with Crippen molar-refractivity contribution >= 4 is 33.3 Å². The molecule has 1 amide bonds. The van der Waals surface area contributed by atoms with Crippen molar-refractivity contribution in [1.29, 1.82) is 0 Å². The van der Waals surface area contributed by atoms with Crippen LogP contribution in [0.25, 0.3) is 0 Å². The number of hydrogen-bond donors (Lipinski definition) is 2. The van der Waals surface area contributed by atoms with Crippen molar-refractivity contribution in [3.63, 3.8) is 0 Å². The molecule has 0 aliphatic carbocycles. The monoisotopic (exact) mass is 377 g/mol. The lowest BCUT2D eigenvalue weighted by atomic mass is 10.3. The van der Waals surface area contributed by atoms with Gasteiger partial charge in [0, 0.05) is 16.7 Å². The van der Waals surface area contributed by atoms with Gasteiger partial charge < -0.3 is 15.5 Å². The second kappa shape index (κ2) is 8.59. The van der Waals surface area contributed by atoms with Crippen molar-refractivity contribution in [1.82, 2.24) is 14.9 Å². The summed E-state index contributed by atoms with van der Waals surface area (Å²) in [4.78, 5) is 22.6. The number of nitrogens with one attached hydrogen (secondary N) is 2. The minimum absolute atomic E-state index is 0.279. The van der Waals surface area contributed by atoms with Crippen LogP contribution >= 0.6 is 15.9 Å². The third-order valence-electron chi connectivity index (χ3n) is 3.07. The molecular formula is C16H20BrN5O. The molecule has 0 aliphatic rings. The highest BCUT2D eigenvalue weighted by Gasteiger charge is 2.08. The summed E-state index contributed by atoms with van der Waals surface area (Å²) in [5, 5.41) is 5.97. The first-order valence-corrected chi connectivity index (χ1v) is 8.11. The summed E-state index contributed by atoms with van der Waals surface area (Å²) in [5.74, 6) is 0.392. The Bertz CT molecular complexity index is 628. The minimum atomic E-state index is -0.279. The SMILES string of the molecule is CN(C)CCCNc1cnc(C(=O)Nc2ccc(Br)cc2)cn1. The molecule has 6 nitrogen and oxygen atoms in total.